The Hall–Kier alpha value is -1.84. The topological polar surface area (TPSA) is 51.0 Å². The summed E-state index contributed by atoms with van der Waals surface area (Å²) in [5, 5.41) is 3.33. The van der Waals surface area contributed by atoms with Gasteiger partial charge in [-0.25, -0.2) is 9.97 Å². The average Bonchev–Trinajstić information content (AvgIpc) is 3.00. The molecule has 1 aliphatic carbocycles. The van der Waals surface area contributed by atoms with Crippen LogP contribution in [0, 0.1) is 12.8 Å². The van der Waals surface area contributed by atoms with Gasteiger partial charge in [-0.2, -0.15) is 0 Å². The maximum Gasteiger partial charge on any atom is 0.197 e. The molecule has 1 aliphatic rings. The van der Waals surface area contributed by atoms with Gasteiger partial charge in [-0.05, 0) is 44.7 Å². The van der Waals surface area contributed by atoms with Crippen molar-refractivity contribution >= 4 is 5.82 Å². The third-order valence-electron chi connectivity index (χ3n) is 4.23. The fraction of sp³-hybridized carbons (Fsp3) is 0.529. The predicted octanol–water partition coefficient (Wildman–Crippen LogP) is 4.16. The van der Waals surface area contributed by atoms with E-state index in [-0.39, 0.29) is 0 Å². The first-order chi connectivity index (χ1) is 10.1. The highest BCUT2D eigenvalue weighted by Gasteiger charge is 2.36. The van der Waals surface area contributed by atoms with Gasteiger partial charge >= 0.3 is 0 Å². The molecule has 1 fully saturated rings. The molecule has 0 radical (unpaired) electrons. The molecule has 1 N–H and O–H groups in total. The van der Waals surface area contributed by atoms with Gasteiger partial charge in [0.2, 0.25) is 0 Å². The van der Waals surface area contributed by atoms with Crippen LogP contribution < -0.4 is 5.32 Å². The highest BCUT2D eigenvalue weighted by atomic mass is 16.3. The minimum atomic E-state index is 0.586. The zero-order valence-electron chi connectivity index (χ0n) is 13.2. The number of aromatic nitrogens is 2. The van der Waals surface area contributed by atoms with Crippen LogP contribution in [0.5, 0.6) is 0 Å². The van der Waals surface area contributed by atoms with Gasteiger partial charge in [-0.15, -0.1) is 0 Å². The fourth-order valence-corrected chi connectivity index (χ4v) is 2.83. The summed E-state index contributed by atoms with van der Waals surface area (Å²) in [5.41, 5.74) is 2.21. The molecule has 112 valence electrons. The Morgan fingerprint density at radius 2 is 2.05 bits per heavy atom. The summed E-state index contributed by atoms with van der Waals surface area (Å²) in [4.78, 5) is 9.28. The standard InChI is InChI=1S/C17H23N3O/c1-5-12-11(4)19-17(20-16(12)18-6-2)15-8-7-14(21-15)13-9-10(13)3/h7-8,10,13H,5-6,9H2,1-4H3,(H,18,19,20). The SMILES string of the molecule is CCNc1nc(-c2ccc(C3CC3C)o2)nc(C)c1CC. The van der Waals surface area contributed by atoms with Crippen LogP contribution in [0.4, 0.5) is 5.82 Å². The normalized spacial score (nSPS) is 20.6. The third-order valence-corrected chi connectivity index (χ3v) is 4.23. The monoisotopic (exact) mass is 285 g/mol. The van der Waals surface area contributed by atoms with Crippen molar-refractivity contribution in [2.45, 2.75) is 46.5 Å². The van der Waals surface area contributed by atoms with Crippen molar-refractivity contribution in [3.8, 4) is 11.6 Å². The largest absolute Gasteiger partial charge is 0.457 e. The molecule has 1 saturated carbocycles. The Morgan fingerprint density at radius 1 is 1.29 bits per heavy atom. The van der Waals surface area contributed by atoms with Crippen LogP contribution in [0.2, 0.25) is 0 Å². The minimum Gasteiger partial charge on any atom is -0.457 e. The first-order valence-corrected chi connectivity index (χ1v) is 7.85. The lowest BCUT2D eigenvalue weighted by Gasteiger charge is -2.11. The molecule has 0 saturated heterocycles. The lowest BCUT2D eigenvalue weighted by molar-refractivity contribution is 0.514. The summed E-state index contributed by atoms with van der Waals surface area (Å²) >= 11 is 0. The number of hydrogen-bond donors (Lipinski definition) is 1. The maximum absolute atomic E-state index is 5.97. The smallest absolute Gasteiger partial charge is 0.197 e. The molecule has 2 aromatic rings. The van der Waals surface area contributed by atoms with Crippen LogP contribution in [0.25, 0.3) is 11.6 Å². The van der Waals surface area contributed by atoms with E-state index in [1.54, 1.807) is 0 Å². The molecular weight excluding hydrogens is 262 g/mol. The molecule has 0 spiro atoms. The molecule has 4 nitrogen and oxygen atoms in total. The highest BCUT2D eigenvalue weighted by Crippen LogP contribution is 2.47. The van der Waals surface area contributed by atoms with Crippen LogP contribution in [-0.2, 0) is 6.42 Å². The molecule has 2 aromatic heterocycles. The van der Waals surface area contributed by atoms with Crippen LogP contribution in [0.3, 0.4) is 0 Å². The Balaban J connectivity index is 1.96. The lowest BCUT2D eigenvalue weighted by Crippen LogP contribution is -2.07. The van der Waals surface area contributed by atoms with Gasteiger partial charge in [-0.1, -0.05) is 13.8 Å². The first-order valence-electron chi connectivity index (χ1n) is 7.85. The molecule has 2 unspecified atom stereocenters. The van der Waals surface area contributed by atoms with E-state index in [2.05, 4.69) is 42.1 Å². The minimum absolute atomic E-state index is 0.586. The summed E-state index contributed by atoms with van der Waals surface area (Å²) in [6, 6.07) is 4.07. The predicted molar refractivity (Wildman–Crippen MR) is 84.5 cm³/mol. The number of aryl methyl sites for hydroxylation is 1. The molecule has 2 heterocycles. The van der Waals surface area contributed by atoms with E-state index in [1.807, 2.05) is 13.0 Å². The van der Waals surface area contributed by atoms with Crippen molar-refractivity contribution in [2.75, 3.05) is 11.9 Å². The number of nitrogens with one attached hydrogen (secondary N) is 1. The van der Waals surface area contributed by atoms with Crippen LogP contribution in [-0.4, -0.2) is 16.5 Å². The third kappa shape index (κ3) is 2.67. The van der Waals surface area contributed by atoms with E-state index in [1.165, 1.54) is 12.0 Å². The van der Waals surface area contributed by atoms with E-state index in [0.29, 0.717) is 11.7 Å². The van der Waals surface area contributed by atoms with Gasteiger partial charge in [0.1, 0.15) is 11.6 Å². The second-order valence-corrected chi connectivity index (χ2v) is 5.87. The molecule has 3 rings (SSSR count). The van der Waals surface area contributed by atoms with Gasteiger partial charge in [0, 0.05) is 23.7 Å². The average molecular weight is 285 g/mol. The summed E-state index contributed by atoms with van der Waals surface area (Å²) in [5.74, 6) is 4.78. The second-order valence-electron chi connectivity index (χ2n) is 5.87. The lowest BCUT2D eigenvalue weighted by atomic mass is 10.1. The Labute approximate surface area is 126 Å². The second kappa shape index (κ2) is 5.51. The fourth-order valence-electron chi connectivity index (χ4n) is 2.83. The zero-order valence-corrected chi connectivity index (χ0v) is 13.2. The number of anilines is 1. The van der Waals surface area contributed by atoms with E-state index >= 15 is 0 Å². The highest BCUT2D eigenvalue weighted by molar-refractivity contribution is 5.56. The summed E-state index contributed by atoms with van der Waals surface area (Å²) in [6.07, 6.45) is 2.15. The van der Waals surface area contributed by atoms with E-state index in [9.17, 15) is 0 Å². The van der Waals surface area contributed by atoms with Crippen molar-refractivity contribution in [3.63, 3.8) is 0 Å². The van der Waals surface area contributed by atoms with Gasteiger partial charge in [0.15, 0.2) is 11.6 Å². The van der Waals surface area contributed by atoms with Crippen molar-refractivity contribution < 1.29 is 4.42 Å². The Bertz CT molecular complexity index is 647. The number of nitrogens with zero attached hydrogens (tertiary/aromatic N) is 2. The molecule has 0 amide bonds. The molecule has 0 bridgehead atoms. The summed E-state index contributed by atoms with van der Waals surface area (Å²) in [7, 11) is 0. The van der Waals surface area contributed by atoms with Gasteiger partial charge in [0.05, 0.1) is 0 Å². The van der Waals surface area contributed by atoms with Gasteiger partial charge in [0.25, 0.3) is 0 Å². The van der Waals surface area contributed by atoms with Crippen molar-refractivity contribution in [1.82, 2.24) is 9.97 Å². The summed E-state index contributed by atoms with van der Waals surface area (Å²) < 4.78 is 5.97. The van der Waals surface area contributed by atoms with E-state index in [4.69, 9.17) is 4.42 Å². The Morgan fingerprint density at radius 3 is 2.67 bits per heavy atom. The van der Waals surface area contributed by atoms with Gasteiger partial charge < -0.3 is 9.73 Å². The zero-order chi connectivity index (χ0) is 15.0. The van der Waals surface area contributed by atoms with Crippen molar-refractivity contribution in [3.05, 3.63) is 29.2 Å². The van der Waals surface area contributed by atoms with E-state index in [0.717, 1.165) is 41.9 Å². The summed E-state index contributed by atoms with van der Waals surface area (Å²) in [6.45, 7) is 9.36. The molecule has 0 aromatic carbocycles. The maximum atomic E-state index is 5.97. The first kappa shape index (κ1) is 14.1. The van der Waals surface area contributed by atoms with Gasteiger partial charge in [-0.3, -0.25) is 0 Å². The van der Waals surface area contributed by atoms with Crippen LogP contribution in [0.15, 0.2) is 16.5 Å². The van der Waals surface area contributed by atoms with Crippen LogP contribution in [0.1, 0.15) is 50.1 Å². The van der Waals surface area contributed by atoms with Crippen LogP contribution >= 0.6 is 0 Å². The molecule has 0 aliphatic heterocycles. The molecule has 2 atom stereocenters. The molecule has 21 heavy (non-hydrogen) atoms. The quantitative estimate of drug-likeness (QED) is 0.896. The Kier molecular flexibility index (Phi) is 3.70. The molecule has 4 heteroatoms. The molecular formula is C17H23N3O. The number of hydrogen-bond acceptors (Lipinski definition) is 4. The van der Waals surface area contributed by atoms with E-state index < -0.39 is 0 Å². The number of furan rings is 1. The van der Waals surface area contributed by atoms with Crippen molar-refractivity contribution in [2.24, 2.45) is 5.92 Å². The number of rotatable bonds is 5. The van der Waals surface area contributed by atoms with Crippen molar-refractivity contribution in [1.29, 1.82) is 0 Å².